The summed E-state index contributed by atoms with van der Waals surface area (Å²) < 4.78 is 0. The third kappa shape index (κ3) is 2.56. The number of carbonyl (C=O) groups excluding carboxylic acids is 1. The second kappa shape index (κ2) is 4.05. The van der Waals surface area contributed by atoms with Crippen molar-refractivity contribution in [2.75, 3.05) is 11.9 Å². The predicted octanol–water partition coefficient (Wildman–Crippen LogP) is 1.23. The van der Waals surface area contributed by atoms with Gasteiger partial charge in [0.25, 0.3) is 0 Å². The zero-order chi connectivity index (χ0) is 9.84. The third-order valence-corrected chi connectivity index (χ3v) is 1.93. The quantitative estimate of drug-likeness (QED) is 0.717. The topological polar surface area (TPSA) is 49.3 Å². The smallest absolute Gasteiger partial charge is 0.250 e. The minimum Gasteiger partial charge on any atom is -0.387 e. The van der Waals surface area contributed by atoms with Crippen LogP contribution in [-0.2, 0) is 4.79 Å². The average molecular weight is 179 g/mol. The fourth-order valence-electron chi connectivity index (χ4n) is 1.02. The minimum atomic E-state index is -0.479. The summed E-state index contributed by atoms with van der Waals surface area (Å²) in [4.78, 5) is 10.8. The molecule has 0 unspecified atom stereocenters. The first-order valence-corrected chi connectivity index (χ1v) is 4.11. The van der Waals surface area contributed by atoms with Crippen LogP contribution >= 0.6 is 0 Å². The van der Waals surface area contributed by atoms with E-state index in [-0.39, 0.29) is 5.91 Å². The highest BCUT2D eigenvalue weighted by atomic mass is 16.3. The Kier molecular flexibility index (Phi) is 3.03. The molecule has 13 heavy (non-hydrogen) atoms. The van der Waals surface area contributed by atoms with E-state index in [9.17, 15) is 4.79 Å². The Balaban J connectivity index is 2.79. The molecule has 3 nitrogen and oxygen atoms in total. The Morgan fingerprint density at radius 1 is 1.38 bits per heavy atom. The summed E-state index contributed by atoms with van der Waals surface area (Å²) in [7, 11) is 0. The molecule has 0 saturated heterocycles. The lowest BCUT2D eigenvalue weighted by molar-refractivity contribution is -0.118. The zero-order valence-corrected chi connectivity index (χ0v) is 7.79. The number of nitrogens with one attached hydrogen (secondary N) is 1. The van der Waals surface area contributed by atoms with E-state index in [1.807, 2.05) is 32.0 Å². The van der Waals surface area contributed by atoms with E-state index in [1.165, 1.54) is 5.56 Å². The summed E-state index contributed by atoms with van der Waals surface area (Å²) in [6.07, 6.45) is 0. The average Bonchev–Trinajstić information content (AvgIpc) is 2.11. The number of hydrogen-bond donors (Lipinski definition) is 2. The molecule has 0 atom stereocenters. The van der Waals surface area contributed by atoms with Crippen LogP contribution in [0.3, 0.4) is 0 Å². The molecule has 0 fully saturated rings. The molecule has 1 aromatic rings. The first-order valence-electron chi connectivity index (χ1n) is 4.11. The maximum absolute atomic E-state index is 10.8. The number of amides is 1. The summed E-state index contributed by atoms with van der Waals surface area (Å²) in [5.74, 6) is -0.386. The number of anilines is 1. The maximum atomic E-state index is 10.8. The molecule has 0 aliphatic heterocycles. The van der Waals surface area contributed by atoms with E-state index in [0.717, 1.165) is 11.3 Å². The fraction of sp³-hybridized carbons (Fsp3) is 0.300. The van der Waals surface area contributed by atoms with Crippen LogP contribution in [0.5, 0.6) is 0 Å². The molecule has 0 bridgehead atoms. The molecular weight excluding hydrogens is 166 g/mol. The Morgan fingerprint density at radius 3 is 2.62 bits per heavy atom. The predicted molar refractivity (Wildman–Crippen MR) is 51.6 cm³/mol. The molecule has 70 valence electrons. The molecule has 0 aromatic heterocycles. The number of aliphatic hydroxyl groups excluding tert-OH is 1. The zero-order valence-electron chi connectivity index (χ0n) is 7.79. The highest BCUT2D eigenvalue weighted by Gasteiger charge is 2.00. The lowest BCUT2D eigenvalue weighted by Gasteiger charge is -2.05. The molecule has 0 saturated carbocycles. The number of aryl methyl sites for hydroxylation is 2. The largest absolute Gasteiger partial charge is 0.387 e. The first kappa shape index (κ1) is 9.74. The molecule has 0 aliphatic carbocycles. The van der Waals surface area contributed by atoms with Crippen molar-refractivity contribution in [3.63, 3.8) is 0 Å². The summed E-state index contributed by atoms with van der Waals surface area (Å²) in [5.41, 5.74) is 3.03. The van der Waals surface area contributed by atoms with Gasteiger partial charge in [0.05, 0.1) is 0 Å². The monoisotopic (exact) mass is 179 g/mol. The van der Waals surface area contributed by atoms with Gasteiger partial charge in [-0.15, -0.1) is 0 Å². The summed E-state index contributed by atoms with van der Waals surface area (Å²) >= 11 is 0. The molecule has 0 radical (unpaired) electrons. The van der Waals surface area contributed by atoms with Crippen LogP contribution in [0, 0.1) is 13.8 Å². The Morgan fingerprint density at radius 2 is 2.08 bits per heavy atom. The highest BCUT2D eigenvalue weighted by molar-refractivity contribution is 5.91. The van der Waals surface area contributed by atoms with Crippen molar-refractivity contribution in [1.82, 2.24) is 0 Å². The second-order valence-corrected chi connectivity index (χ2v) is 3.01. The van der Waals surface area contributed by atoms with Crippen molar-refractivity contribution >= 4 is 11.6 Å². The van der Waals surface area contributed by atoms with Crippen LogP contribution in [0.2, 0.25) is 0 Å². The van der Waals surface area contributed by atoms with Crippen molar-refractivity contribution in [1.29, 1.82) is 0 Å². The van der Waals surface area contributed by atoms with Gasteiger partial charge in [-0.05, 0) is 37.1 Å². The van der Waals surface area contributed by atoms with Gasteiger partial charge >= 0.3 is 0 Å². The number of aliphatic hydroxyl groups is 1. The molecule has 3 heteroatoms. The van der Waals surface area contributed by atoms with Gasteiger partial charge < -0.3 is 10.4 Å². The van der Waals surface area contributed by atoms with E-state index in [0.29, 0.717) is 0 Å². The fourth-order valence-corrected chi connectivity index (χ4v) is 1.02. The van der Waals surface area contributed by atoms with Crippen molar-refractivity contribution in [3.05, 3.63) is 29.3 Å². The lowest BCUT2D eigenvalue weighted by atomic mass is 10.1. The molecule has 2 N–H and O–H groups in total. The van der Waals surface area contributed by atoms with Crippen LogP contribution in [0.15, 0.2) is 18.2 Å². The molecule has 1 rings (SSSR count). The Hall–Kier alpha value is -1.35. The van der Waals surface area contributed by atoms with Gasteiger partial charge in [0, 0.05) is 5.69 Å². The standard InChI is InChI=1S/C10H13NO2/c1-7-3-4-9(5-8(7)2)11-10(13)6-12/h3-5,12H,6H2,1-2H3,(H,11,13). The summed E-state index contributed by atoms with van der Waals surface area (Å²) in [6.45, 7) is 3.50. The second-order valence-electron chi connectivity index (χ2n) is 3.01. The third-order valence-electron chi connectivity index (χ3n) is 1.93. The SMILES string of the molecule is Cc1ccc(NC(=O)CO)cc1C. The minimum absolute atomic E-state index is 0.386. The Labute approximate surface area is 77.4 Å². The van der Waals surface area contributed by atoms with E-state index in [1.54, 1.807) is 0 Å². The van der Waals surface area contributed by atoms with Gasteiger partial charge in [-0.25, -0.2) is 0 Å². The van der Waals surface area contributed by atoms with Crippen molar-refractivity contribution < 1.29 is 9.90 Å². The van der Waals surface area contributed by atoms with E-state index in [4.69, 9.17) is 5.11 Å². The van der Waals surface area contributed by atoms with E-state index < -0.39 is 6.61 Å². The summed E-state index contributed by atoms with van der Waals surface area (Å²) in [5, 5.41) is 11.1. The Bertz CT molecular complexity index is 321. The van der Waals surface area contributed by atoms with Crippen molar-refractivity contribution in [2.24, 2.45) is 0 Å². The maximum Gasteiger partial charge on any atom is 0.250 e. The van der Waals surface area contributed by atoms with Gasteiger partial charge in [-0.1, -0.05) is 6.07 Å². The van der Waals surface area contributed by atoms with Crippen molar-refractivity contribution in [3.8, 4) is 0 Å². The van der Waals surface area contributed by atoms with Crippen LogP contribution in [0.4, 0.5) is 5.69 Å². The van der Waals surface area contributed by atoms with Gasteiger partial charge in [-0.3, -0.25) is 4.79 Å². The molecule has 1 amide bonds. The molecule has 0 spiro atoms. The first-order chi connectivity index (χ1) is 6.13. The molecule has 0 aliphatic rings. The summed E-state index contributed by atoms with van der Waals surface area (Å²) in [6, 6.07) is 5.63. The molecule has 0 heterocycles. The van der Waals surface area contributed by atoms with Crippen molar-refractivity contribution in [2.45, 2.75) is 13.8 Å². The van der Waals surface area contributed by atoms with Crippen LogP contribution < -0.4 is 5.32 Å². The normalized spacial score (nSPS) is 9.77. The van der Waals surface area contributed by atoms with Crippen LogP contribution in [0.25, 0.3) is 0 Å². The number of carbonyl (C=O) groups is 1. The number of hydrogen-bond acceptors (Lipinski definition) is 2. The van der Waals surface area contributed by atoms with Gasteiger partial charge in [0.15, 0.2) is 0 Å². The van der Waals surface area contributed by atoms with E-state index >= 15 is 0 Å². The van der Waals surface area contributed by atoms with E-state index in [2.05, 4.69) is 5.32 Å². The number of benzene rings is 1. The van der Waals surface area contributed by atoms with Crippen LogP contribution in [-0.4, -0.2) is 17.6 Å². The highest BCUT2D eigenvalue weighted by Crippen LogP contribution is 2.13. The molecular formula is C10H13NO2. The van der Waals surface area contributed by atoms with Crippen LogP contribution in [0.1, 0.15) is 11.1 Å². The van der Waals surface area contributed by atoms with Gasteiger partial charge in [0.2, 0.25) is 5.91 Å². The van der Waals surface area contributed by atoms with Gasteiger partial charge in [-0.2, -0.15) is 0 Å². The van der Waals surface area contributed by atoms with Gasteiger partial charge in [0.1, 0.15) is 6.61 Å². The number of rotatable bonds is 2. The lowest BCUT2D eigenvalue weighted by Crippen LogP contribution is -2.15. The molecule has 1 aromatic carbocycles.